The minimum atomic E-state index is -3.81. The Morgan fingerprint density at radius 3 is 2.45 bits per heavy atom. The van der Waals surface area contributed by atoms with Crippen LogP contribution >= 0.6 is 15.9 Å². The van der Waals surface area contributed by atoms with E-state index >= 15 is 0 Å². The molecule has 1 aromatic rings. The lowest BCUT2D eigenvalue weighted by molar-refractivity contribution is -0.139. The first-order valence-corrected chi connectivity index (χ1v) is 7.90. The summed E-state index contributed by atoms with van der Waals surface area (Å²) in [4.78, 5) is 22.4. The third-order valence-electron chi connectivity index (χ3n) is 2.97. The molecule has 0 saturated heterocycles. The van der Waals surface area contributed by atoms with Crippen molar-refractivity contribution in [2.75, 3.05) is 5.32 Å². The van der Waals surface area contributed by atoms with E-state index in [0.717, 1.165) is 0 Å². The molecule has 0 bridgehead atoms. The molecule has 0 heterocycles. The molecule has 7 nitrogen and oxygen atoms in total. The number of carboxylic acids is 1. The number of hydrogen-bond acceptors (Lipinski definition) is 4. The number of sulfonamides is 1. The van der Waals surface area contributed by atoms with E-state index in [4.69, 9.17) is 10.2 Å². The number of aliphatic carboxylic acids is 1. The van der Waals surface area contributed by atoms with Crippen molar-refractivity contribution in [3.63, 3.8) is 0 Å². The van der Waals surface area contributed by atoms with Gasteiger partial charge in [-0.05, 0) is 40.5 Å². The zero-order valence-corrected chi connectivity index (χ0v) is 12.4. The van der Waals surface area contributed by atoms with Gasteiger partial charge in [0.1, 0.15) is 0 Å². The average Bonchev–Trinajstić information content (AvgIpc) is 3.10. The minimum Gasteiger partial charge on any atom is -0.481 e. The molecule has 2 rings (SSSR count). The van der Waals surface area contributed by atoms with Gasteiger partial charge >= 0.3 is 5.97 Å². The van der Waals surface area contributed by atoms with Crippen LogP contribution in [0, 0.1) is 11.8 Å². The number of rotatable bonds is 4. The molecule has 1 amide bonds. The first kappa shape index (κ1) is 14.9. The SMILES string of the molecule is NS(=O)(=O)c1ccc(NC(=O)C2CC2C(=O)O)c(Br)c1. The molecule has 20 heavy (non-hydrogen) atoms. The van der Waals surface area contributed by atoms with Crippen molar-refractivity contribution in [3.05, 3.63) is 22.7 Å². The number of primary sulfonamides is 1. The van der Waals surface area contributed by atoms with Gasteiger partial charge in [-0.15, -0.1) is 0 Å². The van der Waals surface area contributed by atoms with Crippen LogP contribution in [0.5, 0.6) is 0 Å². The highest BCUT2D eigenvalue weighted by Crippen LogP contribution is 2.40. The molecule has 2 unspecified atom stereocenters. The van der Waals surface area contributed by atoms with Crippen LogP contribution < -0.4 is 10.5 Å². The number of carbonyl (C=O) groups excluding carboxylic acids is 1. The number of benzene rings is 1. The summed E-state index contributed by atoms with van der Waals surface area (Å²) in [6.45, 7) is 0. The molecule has 1 fully saturated rings. The molecular weight excluding hydrogens is 352 g/mol. The topological polar surface area (TPSA) is 127 Å². The van der Waals surface area contributed by atoms with E-state index in [1.54, 1.807) is 0 Å². The number of hydrogen-bond donors (Lipinski definition) is 3. The summed E-state index contributed by atoms with van der Waals surface area (Å²) in [6.07, 6.45) is 0.314. The zero-order chi connectivity index (χ0) is 15.1. The molecule has 108 valence electrons. The normalized spacial score (nSPS) is 21.3. The largest absolute Gasteiger partial charge is 0.481 e. The van der Waals surface area contributed by atoms with Crippen LogP contribution in [0.2, 0.25) is 0 Å². The number of carboxylic acid groups (broad SMARTS) is 1. The van der Waals surface area contributed by atoms with Crippen molar-refractivity contribution in [1.82, 2.24) is 0 Å². The van der Waals surface area contributed by atoms with Crippen LogP contribution in [0.1, 0.15) is 6.42 Å². The molecule has 1 aliphatic rings. The fraction of sp³-hybridized carbons (Fsp3) is 0.273. The van der Waals surface area contributed by atoms with Crippen molar-refractivity contribution in [2.45, 2.75) is 11.3 Å². The lowest BCUT2D eigenvalue weighted by Gasteiger charge is -2.08. The van der Waals surface area contributed by atoms with Crippen molar-refractivity contribution < 1.29 is 23.1 Å². The maximum atomic E-state index is 11.8. The minimum absolute atomic E-state index is 0.0859. The summed E-state index contributed by atoms with van der Waals surface area (Å²) in [5.41, 5.74) is 0.360. The highest BCUT2D eigenvalue weighted by Gasteiger charge is 2.48. The van der Waals surface area contributed by atoms with E-state index in [1.165, 1.54) is 18.2 Å². The number of halogens is 1. The summed E-state index contributed by atoms with van der Waals surface area (Å²) in [5.74, 6) is -2.58. The molecule has 0 aromatic heterocycles. The number of anilines is 1. The van der Waals surface area contributed by atoms with Crippen molar-refractivity contribution >= 4 is 43.5 Å². The van der Waals surface area contributed by atoms with Gasteiger partial charge in [0.2, 0.25) is 15.9 Å². The Hall–Kier alpha value is -1.45. The first-order valence-electron chi connectivity index (χ1n) is 5.56. The standard InChI is InChI=1S/C11H11BrN2O5S/c12-8-3-5(20(13,18)19)1-2-9(8)14-10(15)6-4-7(6)11(16)17/h1-3,6-7H,4H2,(H,14,15)(H,16,17)(H2,13,18,19). The maximum Gasteiger partial charge on any atom is 0.307 e. The summed E-state index contributed by atoms with van der Waals surface area (Å²) in [7, 11) is -3.81. The van der Waals surface area contributed by atoms with Gasteiger partial charge in [-0.1, -0.05) is 0 Å². The first-order chi connectivity index (χ1) is 9.20. The molecule has 1 aromatic carbocycles. The highest BCUT2D eigenvalue weighted by atomic mass is 79.9. The molecule has 1 saturated carbocycles. The third-order valence-corrected chi connectivity index (χ3v) is 4.54. The lowest BCUT2D eigenvalue weighted by atomic mass is 10.2. The Morgan fingerprint density at radius 1 is 1.35 bits per heavy atom. The second-order valence-corrected chi connectivity index (χ2v) is 6.88. The third kappa shape index (κ3) is 3.17. The van der Waals surface area contributed by atoms with Gasteiger partial charge in [0.15, 0.2) is 0 Å². The average molecular weight is 363 g/mol. The number of nitrogens with two attached hydrogens (primary N) is 1. The predicted molar refractivity (Wildman–Crippen MR) is 73.4 cm³/mol. The number of amides is 1. The summed E-state index contributed by atoms with van der Waals surface area (Å²) < 4.78 is 22.7. The zero-order valence-electron chi connectivity index (χ0n) is 10.0. The molecule has 2 atom stereocenters. The Morgan fingerprint density at radius 2 is 2.00 bits per heavy atom. The van der Waals surface area contributed by atoms with Gasteiger partial charge < -0.3 is 10.4 Å². The van der Waals surface area contributed by atoms with Gasteiger partial charge in [0, 0.05) is 4.47 Å². The van der Waals surface area contributed by atoms with E-state index < -0.39 is 33.7 Å². The van der Waals surface area contributed by atoms with Crippen molar-refractivity contribution in [2.24, 2.45) is 17.0 Å². The van der Waals surface area contributed by atoms with Crippen LogP contribution in [0.15, 0.2) is 27.6 Å². The van der Waals surface area contributed by atoms with Crippen LogP contribution in [-0.2, 0) is 19.6 Å². The molecule has 0 radical (unpaired) electrons. The van der Waals surface area contributed by atoms with E-state index in [9.17, 15) is 18.0 Å². The van der Waals surface area contributed by atoms with E-state index in [2.05, 4.69) is 21.2 Å². The van der Waals surface area contributed by atoms with Gasteiger partial charge in [-0.2, -0.15) is 0 Å². The van der Waals surface area contributed by atoms with Gasteiger partial charge in [0.05, 0.1) is 22.4 Å². The molecular formula is C11H11BrN2O5S. The second-order valence-electron chi connectivity index (χ2n) is 4.46. The quantitative estimate of drug-likeness (QED) is 0.728. The fourth-order valence-electron chi connectivity index (χ4n) is 1.76. The van der Waals surface area contributed by atoms with Crippen molar-refractivity contribution in [1.29, 1.82) is 0 Å². The Balaban J connectivity index is 2.12. The van der Waals surface area contributed by atoms with Crippen molar-refractivity contribution in [3.8, 4) is 0 Å². The summed E-state index contributed by atoms with van der Waals surface area (Å²) in [6, 6.07) is 3.92. The van der Waals surface area contributed by atoms with E-state index in [0.29, 0.717) is 16.6 Å². The van der Waals surface area contributed by atoms with E-state index in [1.807, 2.05) is 0 Å². The van der Waals surface area contributed by atoms with Gasteiger partial charge in [-0.3, -0.25) is 9.59 Å². The number of nitrogens with one attached hydrogen (secondary N) is 1. The number of carbonyl (C=O) groups is 2. The Bertz CT molecular complexity index is 688. The van der Waals surface area contributed by atoms with Gasteiger partial charge in [-0.25, -0.2) is 13.6 Å². The monoisotopic (exact) mass is 362 g/mol. The predicted octanol–water partition coefficient (Wildman–Crippen LogP) is 0.756. The molecule has 0 aliphatic heterocycles. The van der Waals surface area contributed by atoms with Crippen LogP contribution in [0.25, 0.3) is 0 Å². The molecule has 1 aliphatic carbocycles. The molecule has 9 heteroatoms. The van der Waals surface area contributed by atoms with E-state index in [-0.39, 0.29) is 4.90 Å². The highest BCUT2D eigenvalue weighted by molar-refractivity contribution is 9.10. The van der Waals surface area contributed by atoms with Crippen LogP contribution in [0.4, 0.5) is 5.69 Å². The van der Waals surface area contributed by atoms with Gasteiger partial charge in [0.25, 0.3) is 0 Å². The van der Waals surface area contributed by atoms with Crippen LogP contribution in [-0.4, -0.2) is 25.4 Å². The summed E-state index contributed by atoms with van der Waals surface area (Å²) >= 11 is 3.13. The molecule has 0 spiro atoms. The van der Waals surface area contributed by atoms with Crippen LogP contribution in [0.3, 0.4) is 0 Å². The smallest absolute Gasteiger partial charge is 0.307 e. The summed E-state index contributed by atoms with van der Waals surface area (Å²) in [5, 5.41) is 16.3. The maximum absolute atomic E-state index is 11.8. The Labute approximate surface area is 123 Å². The second kappa shape index (κ2) is 5.15. The molecule has 4 N–H and O–H groups in total. The Kier molecular flexibility index (Phi) is 3.85. The lowest BCUT2D eigenvalue weighted by Crippen LogP contribution is -2.17. The fourth-order valence-corrected chi connectivity index (χ4v) is 2.93.